The van der Waals surface area contributed by atoms with E-state index in [1.807, 2.05) is 0 Å². The molecule has 2 unspecified atom stereocenters. The molecule has 0 aliphatic heterocycles. The Kier molecular flexibility index (Phi) is 5.36. The van der Waals surface area contributed by atoms with Gasteiger partial charge in [0.05, 0.1) is 11.8 Å². The number of imidazole rings is 1. The van der Waals surface area contributed by atoms with Crippen LogP contribution >= 0.6 is 11.3 Å². The van der Waals surface area contributed by atoms with E-state index in [1.165, 1.54) is 0 Å². The number of nitrogens with zero attached hydrogens (tertiary/aromatic N) is 2. The predicted molar refractivity (Wildman–Crippen MR) is 79.9 cm³/mol. The molecule has 0 radical (unpaired) electrons. The molecule has 0 saturated heterocycles. The summed E-state index contributed by atoms with van der Waals surface area (Å²) in [4.78, 5) is 5.72. The van der Waals surface area contributed by atoms with Crippen LogP contribution in [0.5, 0.6) is 0 Å². The number of nitrogens with one attached hydrogen (secondary N) is 1. The van der Waals surface area contributed by atoms with Crippen molar-refractivity contribution in [2.24, 2.45) is 0 Å². The number of likely N-dealkylation sites (N-methyl/N-ethyl adjacent to an activating group) is 1. The summed E-state index contributed by atoms with van der Waals surface area (Å²) in [7, 11) is 0. The molecule has 0 aromatic carbocycles. The lowest BCUT2D eigenvalue weighted by molar-refractivity contribution is 0.0321. The lowest BCUT2D eigenvalue weighted by Gasteiger charge is -2.26. The van der Waals surface area contributed by atoms with Gasteiger partial charge in [-0.2, -0.15) is 0 Å². The van der Waals surface area contributed by atoms with Gasteiger partial charge in [-0.3, -0.25) is 4.40 Å². The number of ether oxygens (including phenoxy) is 1. The fraction of sp³-hybridized carbons (Fsp3) is 0.643. The molecule has 0 amide bonds. The molecule has 0 saturated carbocycles. The van der Waals surface area contributed by atoms with Crippen molar-refractivity contribution in [2.45, 2.75) is 45.8 Å². The molecule has 0 aliphatic carbocycles. The second-order valence-corrected chi connectivity index (χ2v) is 5.47. The van der Waals surface area contributed by atoms with Crippen LogP contribution in [0.25, 0.3) is 4.96 Å². The van der Waals surface area contributed by atoms with Crippen molar-refractivity contribution in [3.05, 3.63) is 23.5 Å². The Morgan fingerprint density at radius 3 is 2.89 bits per heavy atom. The average Bonchev–Trinajstić information content (AvgIpc) is 2.96. The van der Waals surface area contributed by atoms with Gasteiger partial charge < -0.3 is 10.1 Å². The van der Waals surface area contributed by atoms with Crippen molar-refractivity contribution in [1.82, 2.24) is 14.7 Å². The van der Waals surface area contributed by atoms with Crippen LogP contribution in [-0.2, 0) is 11.2 Å². The van der Waals surface area contributed by atoms with E-state index in [1.54, 1.807) is 11.3 Å². The molecule has 2 heterocycles. The molecule has 106 valence electrons. The van der Waals surface area contributed by atoms with Gasteiger partial charge >= 0.3 is 0 Å². The lowest BCUT2D eigenvalue weighted by atomic mass is 10.0. The average molecular weight is 281 g/mol. The standard InChI is InChI=1S/C14H23N3OS/c1-4-13(18-6-3)12(15-5-2)9-11-10-17-7-8-19-14(17)16-11/h7-8,10,12-13,15H,4-6,9H2,1-3H3. The maximum atomic E-state index is 5.84. The van der Waals surface area contributed by atoms with E-state index >= 15 is 0 Å². The normalized spacial score (nSPS) is 14.9. The highest BCUT2D eigenvalue weighted by Gasteiger charge is 2.21. The Labute approximate surface area is 118 Å². The number of thiazole rings is 1. The zero-order chi connectivity index (χ0) is 13.7. The summed E-state index contributed by atoms with van der Waals surface area (Å²) < 4.78 is 7.93. The second-order valence-electron chi connectivity index (χ2n) is 4.60. The van der Waals surface area contributed by atoms with E-state index in [4.69, 9.17) is 4.74 Å². The summed E-state index contributed by atoms with van der Waals surface area (Å²) in [5, 5.41) is 5.59. The molecular formula is C14H23N3OS. The summed E-state index contributed by atoms with van der Waals surface area (Å²) in [6, 6.07) is 0.333. The van der Waals surface area contributed by atoms with Gasteiger partial charge in [-0.25, -0.2) is 4.98 Å². The van der Waals surface area contributed by atoms with Gasteiger partial charge in [-0.1, -0.05) is 13.8 Å². The van der Waals surface area contributed by atoms with Gasteiger partial charge in [0.25, 0.3) is 0 Å². The highest BCUT2D eigenvalue weighted by molar-refractivity contribution is 7.15. The van der Waals surface area contributed by atoms with Crippen molar-refractivity contribution in [2.75, 3.05) is 13.2 Å². The number of aromatic nitrogens is 2. The highest BCUT2D eigenvalue weighted by atomic mass is 32.1. The first-order valence-corrected chi connectivity index (χ1v) is 7.92. The Balaban J connectivity index is 2.08. The number of fused-ring (bicyclic) bond motifs is 1. The molecule has 2 rings (SSSR count). The van der Waals surface area contributed by atoms with Crippen LogP contribution in [-0.4, -0.2) is 34.7 Å². The molecule has 0 spiro atoms. The third-order valence-corrected chi connectivity index (χ3v) is 4.04. The number of hydrogen-bond acceptors (Lipinski definition) is 4. The first kappa shape index (κ1) is 14.5. The predicted octanol–water partition coefficient (Wildman–Crippen LogP) is 2.73. The molecule has 2 aromatic heterocycles. The SMILES string of the molecule is CCNC(Cc1cn2ccsc2n1)C(CC)OCC. The van der Waals surface area contributed by atoms with Crippen LogP contribution < -0.4 is 5.32 Å². The highest BCUT2D eigenvalue weighted by Crippen LogP contribution is 2.15. The molecule has 2 atom stereocenters. The topological polar surface area (TPSA) is 38.6 Å². The molecule has 5 heteroatoms. The Hall–Kier alpha value is -0.910. The first-order chi connectivity index (χ1) is 9.28. The third kappa shape index (κ3) is 3.55. The Morgan fingerprint density at radius 1 is 1.42 bits per heavy atom. The minimum Gasteiger partial charge on any atom is -0.377 e. The zero-order valence-electron chi connectivity index (χ0n) is 11.9. The fourth-order valence-corrected chi connectivity index (χ4v) is 3.15. The van der Waals surface area contributed by atoms with E-state index < -0.39 is 0 Å². The number of hydrogen-bond donors (Lipinski definition) is 1. The van der Waals surface area contributed by atoms with Crippen molar-refractivity contribution < 1.29 is 4.74 Å². The van der Waals surface area contributed by atoms with Gasteiger partial charge in [0, 0.05) is 36.8 Å². The van der Waals surface area contributed by atoms with Gasteiger partial charge in [0.1, 0.15) is 0 Å². The van der Waals surface area contributed by atoms with Gasteiger partial charge in [0.2, 0.25) is 0 Å². The van der Waals surface area contributed by atoms with E-state index in [0.29, 0.717) is 6.04 Å². The van der Waals surface area contributed by atoms with E-state index in [2.05, 4.69) is 53.2 Å². The monoisotopic (exact) mass is 281 g/mol. The molecule has 19 heavy (non-hydrogen) atoms. The van der Waals surface area contributed by atoms with Crippen LogP contribution in [0.2, 0.25) is 0 Å². The van der Waals surface area contributed by atoms with Crippen LogP contribution in [0.4, 0.5) is 0 Å². The molecule has 4 nitrogen and oxygen atoms in total. The minimum absolute atomic E-state index is 0.254. The van der Waals surface area contributed by atoms with Crippen LogP contribution in [0.3, 0.4) is 0 Å². The zero-order valence-corrected chi connectivity index (χ0v) is 12.7. The maximum Gasteiger partial charge on any atom is 0.193 e. The minimum atomic E-state index is 0.254. The van der Waals surface area contributed by atoms with E-state index in [0.717, 1.165) is 36.6 Å². The third-order valence-electron chi connectivity index (χ3n) is 3.27. The molecule has 2 aromatic rings. The van der Waals surface area contributed by atoms with Gasteiger partial charge in [0.15, 0.2) is 4.96 Å². The van der Waals surface area contributed by atoms with Crippen LogP contribution in [0, 0.1) is 0 Å². The summed E-state index contributed by atoms with van der Waals surface area (Å²) >= 11 is 1.67. The van der Waals surface area contributed by atoms with E-state index in [9.17, 15) is 0 Å². The van der Waals surface area contributed by atoms with Crippen molar-refractivity contribution in [3.63, 3.8) is 0 Å². The van der Waals surface area contributed by atoms with Gasteiger partial charge in [-0.05, 0) is 19.9 Å². The number of rotatable bonds is 8. The lowest BCUT2D eigenvalue weighted by Crippen LogP contribution is -2.42. The van der Waals surface area contributed by atoms with Crippen LogP contribution in [0.1, 0.15) is 32.9 Å². The first-order valence-electron chi connectivity index (χ1n) is 7.04. The van der Waals surface area contributed by atoms with Crippen molar-refractivity contribution in [3.8, 4) is 0 Å². The van der Waals surface area contributed by atoms with Crippen LogP contribution in [0.15, 0.2) is 17.8 Å². The molecule has 0 bridgehead atoms. The summed E-state index contributed by atoms with van der Waals surface area (Å²) in [5.41, 5.74) is 1.14. The quantitative estimate of drug-likeness (QED) is 0.808. The Bertz CT molecular complexity index is 465. The summed E-state index contributed by atoms with van der Waals surface area (Å²) in [5.74, 6) is 0. The molecular weight excluding hydrogens is 258 g/mol. The van der Waals surface area contributed by atoms with Crippen molar-refractivity contribution >= 4 is 16.3 Å². The van der Waals surface area contributed by atoms with Crippen molar-refractivity contribution in [1.29, 1.82) is 0 Å². The van der Waals surface area contributed by atoms with Gasteiger partial charge in [-0.15, -0.1) is 11.3 Å². The summed E-state index contributed by atoms with van der Waals surface area (Å²) in [6.45, 7) is 8.08. The Morgan fingerprint density at radius 2 is 2.26 bits per heavy atom. The molecule has 0 fully saturated rings. The smallest absolute Gasteiger partial charge is 0.193 e. The largest absolute Gasteiger partial charge is 0.377 e. The second kappa shape index (κ2) is 7.03. The van der Waals surface area contributed by atoms with E-state index in [-0.39, 0.29) is 6.10 Å². The maximum absolute atomic E-state index is 5.84. The fourth-order valence-electron chi connectivity index (χ4n) is 2.43. The molecule has 1 N–H and O–H groups in total. The summed E-state index contributed by atoms with van der Waals surface area (Å²) in [6.07, 6.45) is 6.37. The molecule has 0 aliphatic rings.